The number of halogens is 2. The van der Waals surface area contributed by atoms with Gasteiger partial charge in [0, 0.05) is 17.0 Å². The van der Waals surface area contributed by atoms with Crippen LogP contribution in [0.25, 0.3) is 21.8 Å². The van der Waals surface area contributed by atoms with Crippen LogP contribution in [0.3, 0.4) is 0 Å². The Bertz CT molecular complexity index is 1560. The molecular formula is C26H14Cl2N2O4. The van der Waals surface area contributed by atoms with E-state index in [1.807, 2.05) is 6.07 Å². The minimum absolute atomic E-state index is 0.0253. The molecule has 5 aromatic rings. The number of carbonyl (C=O) groups excluding carboxylic acids is 2. The number of pyridine rings is 2. The number of aromatic nitrogens is 2. The molecule has 0 spiro atoms. The molecule has 34 heavy (non-hydrogen) atoms. The van der Waals surface area contributed by atoms with Gasteiger partial charge in [-0.05, 0) is 36.4 Å². The third-order valence-corrected chi connectivity index (χ3v) is 5.71. The molecule has 0 bridgehead atoms. The van der Waals surface area contributed by atoms with Crippen molar-refractivity contribution in [3.8, 4) is 11.6 Å². The van der Waals surface area contributed by atoms with Crippen molar-refractivity contribution in [2.24, 2.45) is 0 Å². The Labute approximate surface area is 203 Å². The molecule has 0 N–H and O–H groups in total. The van der Waals surface area contributed by atoms with Crippen molar-refractivity contribution in [3.63, 3.8) is 0 Å². The van der Waals surface area contributed by atoms with Crippen LogP contribution in [0.4, 0.5) is 0 Å². The van der Waals surface area contributed by atoms with E-state index in [0.29, 0.717) is 16.4 Å². The number of hydrogen-bond donors (Lipinski definition) is 0. The number of carbonyl (C=O) groups is 2. The summed E-state index contributed by atoms with van der Waals surface area (Å²) in [4.78, 5) is 34.5. The van der Waals surface area contributed by atoms with Crippen LogP contribution in [0.5, 0.6) is 11.6 Å². The van der Waals surface area contributed by atoms with E-state index in [2.05, 4.69) is 9.97 Å². The van der Waals surface area contributed by atoms with Gasteiger partial charge in [-0.25, -0.2) is 14.6 Å². The minimum atomic E-state index is -0.698. The highest BCUT2D eigenvalue weighted by Crippen LogP contribution is 2.44. The summed E-state index contributed by atoms with van der Waals surface area (Å²) in [5.74, 6) is -1.88. The molecule has 0 radical (unpaired) electrons. The summed E-state index contributed by atoms with van der Waals surface area (Å²) in [7, 11) is 0. The van der Waals surface area contributed by atoms with Crippen molar-refractivity contribution in [1.29, 1.82) is 0 Å². The molecule has 0 fully saturated rings. The molecule has 5 rings (SSSR count). The lowest BCUT2D eigenvalue weighted by Crippen LogP contribution is -2.14. The van der Waals surface area contributed by atoms with Gasteiger partial charge in [0.05, 0.1) is 21.7 Å². The van der Waals surface area contributed by atoms with E-state index in [-0.39, 0.29) is 32.8 Å². The van der Waals surface area contributed by atoms with Gasteiger partial charge >= 0.3 is 11.9 Å². The molecule has 0 saturated heterocycles. The topological polar surface area (TPSA) is 78.4 Å². The highest BCUT2D eigenvalue weighted by atomic mass is 35.5. The standard InChI is InChI=1S/C26H14Cl2N2O4/c27-18-14-17-12-7-13-29-21(17)22-19(18)20(28)23(33-25(31)15-8-3-1-4-9-15)24(30-22)34-26(32)16-10-5-2-6-11-16/h1-14H. The molecule has 0 aliphatic carbocycles. The summed E-state index contributed by atoms with van der Waals surface area (Å²) in [6, 6.07) is 22.0. The van der Waals surface area contributed by atoms with Crippen LogP contribution in [0.2, 0.25) is 10.0 Å². The first kappa shape index (κ1) is 21.8. The molecule has 0 atom stereocenters. The maximum atomic E-state index is 12.8. The van der Waals surface area contributed by atoms with Gasteiger partial charge in [0.25, 0.3) is 5.88 Å². The van der Waals surface area contributed by atoms with E-state index >= 15 is 0 Å². The quantitative estimate of drug-likeness (QED) is 0.211. The van der Waals surface area contributed by atoms with E-state index in [1.165, 1.54) is 0 Å². The van der Waals surface area contributed by atoms with E-state index in [1.54, 1.807) is 79.0 Å². The smallest absolute Gasteiger partial charge is 0.344 e. The van der Waals surface area contributed by atoms with Gasteiger partial charge in [0.2, 0.25) is 5.75 Å². The van der Waals surface area contributed by atoms with Crippen molar-refractivity contribution >= 4 is 56.9 Å². The fourth-order valence-electron chi connectivity index (χ4n) is 3.45. The molecule has 3 aromatic carbocycles. The largest absolute Gasteiger partial charge is 0.415 e. The monoisotopic (exact) mass is 488 g/mol. The Balaban J connectivity index is 1.70. The van der Waals surface area contributed by atoms with Crippen molar-refractivity contribution in [3.05, 3.63) is 106 Å². The molecule has 0 amide bonds. The number of nitrogens with zero attached hydrogens (tertiary/aromatic N) is 2. The average Bonchev–Trinajstić information content (AvgIpc) is 2.87. The summed E-state index contributed by atoms with van der Waals surface area (Å²) in [6.07, 6.45) is 1.60. The zero-order valence-electron chi connectivity index (χ0n) is 17.4. The lowest BCUT2D eigenvalue weighted by molar-refractivity contribution is 0.0676. The van der Waals surface area contributed by atoms with Gasteiger partial charge in [0.15, 0.2) is 0 Å². The van der Waals surface area contributed by atoms with Crippen LogP contribution in [-0.4, -0.2) is 21.9 Å². The number of esters is 2. The van der Waals surface area contributed by atoms with Gasteiger partial charge in [-0.15, -0.1) is 0 Å². The average molecular weight is 489 g/mol. The molecule has 0 unspecified atom stereocenters. The first-order valence-electron chi connectivity index (χ1n) is 10.1. The van der Waals surface area contributed by atoms with Crippen molar-refractivity contribution in [2.45, 2.75) is 0 Å². The maximum Gasteiger partial charge on any atom is 0.344 e. The normalized spacial score (nSPS) is 10.9. The Morgan fingerprint density at radius 3 is 2.00 bits per heavy atom. The predicted octanol–water partition coefficient (Wildman–Crippen LogP) is 6.53. The molecule has 2 heterocycles. The Morgan fingerprint density at radius 1 is 0.735 bits per heavy atom. The number of ether oxygens (including phenoxy) is 2. The summed E-state index contributed by atoms with van der Waals surface area (Å²) >= 11 is 13.2. The van der Waals surface area contributed by atoms with Crippen LogP contribution in [-0.2, 0) is 0 Å². The Morgan fingerprint density at radius 2 is 1.35 bits per heavy atom. The van der Waals surface area contributed by atoms with Gasteiger partial charge in [-0.3, -0.25) is 4.98 Å². The van der Waals surface area contributed by atoms with Crippen LogP contribution in [0, 0.1) is 0 Å². The first-order chi connectivity index (χ1) is 16.5. The number of rotatable bonds is 4. The summed E-state index contributed by atoms with van der Waals surface area (Å²) in [5, 5.41) is 1.30. The molecule has 0 saturated carbocycles. The van der Waals surface area contributed by atoms with Crippen LogP contribution in [0.1, 0.15) is 20.7 Å². The Kier molecular flexibility index (Phi) is 5.84. The third kappa shape index (κ3) is 4.05. The summed E-state index contributed by atoms with van der Waals surface area (Å²) in [6.45, 7) is 0. The van der Waals surface area contributed by atoms with Gasteiger partial charge < -0.3 is 9.47 Å². The zero-order valence-corrected chi connectivity index (χ0v) is 18.9. The van der Waals surface area contributed by atoms with Gasteiger partial charge in [-0.1, -0.05) is 65.7 Å². The molecular weight excluding hydrogens is 475 g/mol. The second-order valence-electron chi connectivity index (χ2n) is 7.23. The van der Waals surface area contributed by atoms with Crippen LogP contribution in [0.15, 0.2) is 85.1 Å². The summed E-state index contributed by atoms with van der Waals surface area (Å²) < 4.78 is 11.1. The van der Waals surface area contributed by atoms with E-state index < -0.39 is 11.9 Å². The molecule has 166 valence electrons. The zero-order chi connectivity index (χ0) is 23.7. The van der Waals surface area contributed by atoms with E-state index in [4.69, 9.17) is 32.7 Å². The molecule has 0 aliphatic rings. The predicted molar refractivity (Wildman–Crippen MR) is 130 cm³/mol. The van der Waals surface area contributed by atoms with Crippen LogP contribution < -0.4 is 9.47 Å². The second kappa shape index (κ2) is 9.09. The summed E-state index contributed by atoms with van der Waals surface area (Å²) in [5.41, 5.74) is 1.38. The second-order valence-corrected chi connectivity index (χ2v) is 8.01. The third-order valence-electron chi connectivity index (χ3n) is 5.05. The number of hydrogen-bond acceptors (Lipinski definition) is 6. The van der Waals surface area contributed by atoms with Crippen molar-refractivity contribution < 1.29 is 19.1 Å². The first-order valence-corrected chi connectivity index (χ1v) is 10.9. The Hall–Kier alpha value is -4.00. The SMILES string of the molecule is O=C(Oc1nc2c(c(Cl)cc3cccnc32)c(Cl)c1OC(=O)c1ccccc1)c1ccccc1. The van der Waals surface area contributed by atoms with Crippen LogP contribution >= 0.6 is 23.2 Å². The highest BCUT2D eigenvalue weighted by molar-refractivity contribution is 6.44. The number of fused-ring (bicyclic) bond motifs is 3. The molecule has 6 nitrogen and oxygen atoms in total. The number of benzene rings is 3. The minimum Gasteiger partial charge on any atom is -0.415 e. The van der Waals surface area contributed by atoms with Gasteiger partial charge in [-0.2, -0.15) is 0 Å². The molecule has 2 aromatic heterocycles. The lowest BCUT2D eigenvalue weighted by atomic mass is 10.1. The fourth-order valence-corrected chi connectivity index (χ4v) is 4.11. The maximum absolute atomic E-state index is 12.8. The van der Waals surface area contributed by atoms with E-state index in [9.17, 15) is 9.59 Å². The molecule has 0 aliphatic heterocycles. The molecule has 8 heteroatoms. The fraction of sp³-hybridized carbons (Fsp3) is 0. The van der Waals surface area contributed by atoms with E-state index in [0.717, 1.165) is 5.39 Å². The van der Waals surface area contributed by atoms with Crippen molar-refractivity contribution in [2.75, 3.05) is 0 Å². The highest BCUT2D eigenvalue weighted by Gasteiger charge is 2.25. The van der Waals surface area contributed by atoms with Crippen molar-refractivity contribution in [1.82, 2.24) is 9.97 Å². The van der Waals surface area contributed by atoms with Gasteiger partial charge in [0.1, 0.15) is 10.5 Å². The lowest BCUT2D eigenvalue weighted by Gasteiger charge is -2.15.